The number of hydrogen-bond donors (Lipinski definition) is 1. The largest absolute Gasteiger partial charge is 0.495 e. The number of ether oxygens (including phenoxy) is 1. The third kappa shape index (κ3) is 2.82. The third-order valence-corrected chi connectivity index (χ3v) is 4.03. The minimum Gasteiger partial charge on any atom is -0.495 e. The van der Waals surface area contributed by atoms with Crippen LogP contribution in [0.1, 0.15) is 12.1 Å². The molecule has 0 bridgehead atoms. The number of aliphatic hydroxyl groups is 1. The number of pyridine rings is 1. The highest BCUT2D eigenvalue weighted by atomic mass is 35.5. The molecular formula is C16H17ClN2O2. The Kier molecular flexibility index (Phi) is 3.99. The van der Waals surface area contributed by atoms with Crippen molar-refractivity contribution in [3.05, 3.63) is 47.3 Å². The van der Waals surface area contributed by atoms with Crippen LogP contribution in [0.5, 0.6) is 5.75 Å². The van der Waals surface area contributed by atoms with Crippen molar-refractivity contribution < 1.29 is 9.84 Å². The lowest BCUT2D eigenvalue weighted by atomic mass is 10.0. The molecule has 5 heteroatoms. The van der Waals surface area contributed by atoms with Crippen LogP contribution in [0.25, 0.3) is 11.0 Å². The van der Waals surface area contributed by atoms with E-state index in [1.807, 2.05) is 24.3 Å². The van der Waals surface area contributed by atoms with Gasteiger partial charge in [-0.25, -0.2) is 4.98 Å². The van der Waals surface area contributed by atoms with E-state index in [1.54, 1.807) is 13.3 Å². The summed E-state index contributed by atoms with van der Waals surface area (Å²) < 4.78 is 7.27. The zero-order valence-corrected chi connectivity index (χ0v) is 12.5. The van der Waals surface area contributed by atoms with Gasteiger partial charge in [0.05, 0.1) is 19.9 Å². The smallest absolute Gasteiger partial charge is 0.140 e. The van der Waals surface area contributed by atoms with Crippen molar-refractivity contribution in [1.82, 2.24) is 9.55 Å². The Bertz CT molecular complexity index is 718. The van der Waals surface area contributed by atoms with Crippen LogP contribution in [-0.4, -0.2) is 21.8 Å². The molecule has 3 rings (SSSR count). The monoisotopic (exact) mass is 304 g/mol. The van der Waals surface area contributed by atoms with Gasteiger partial charge in [-0.2, -0.15) is 0 Å². The van der Waals surface area contributed by atoms with Crippen LogP contribution >= 0.6 is 11.6 Å². The zero-order chi connectivity index (χ0) is 14.8. The minimum atomic E-state index is -0.00823. The van der Waals surface area contributed by atoms with Crippen LogP contribution in [0, 0.1) is 5.92 Å². The van der Waals surface area contributed by atoms with E-state index < -0.39 is 0 Å². The fourth-order valence-electron chi connectivity index (χ4n) is 2.63. The first-order valence-electron chi connectivity index (χ1n) is 6.88. The van der Waals surface area contributed by atoms with E-state index in [0.29, 0.717) is 5.92 Å². The lowest BCUT2D eigenvalue weighted by molar-refractivity contribution is 0.269. The fourth-order valence-corrected chi connectivity index (χ4v) is 2.80. The molecule has 0 saturated heterocycles. The normalized spacial score (nSPS) is 18.0. The highest BCUT2D eigenvalue weighted by Crippen LogP contribution is 2.26. The number of aliphatic hydroxyl groups excluding tert-OH is 1. The first kappa shape index (κ1) is 14.2. The van der Waals surface area contributed by atoms with Gasteiger partial charge in [-0.05, 0) is 30.5 Å². The first-order chi connectivity index (χ1) is 10.2. The van der Waals surface area contributed by atoms with Crippen molar-refractivity contribution in [3.8, 4) is 5.75 Å². The maximum atomic E-state index is 9.59. The van der Waals surface area contributed by atoms with E-state index in [2.05, 4.69) is 15.6 Å². The standard InChI is InChI=1S/C16H17ClN2O2/c1-21-15-7-12-6-14(10-20)19(16(12)18-8-15)9-11-2-4-13(17)5-3-11/h2,4-8,11,20H,3,9-10H2,1H3. The highest BCUT2D eigenvalue weighted by molar-refractivity contribution is 6.31. The van der Waals surface area contributed by atoms with Crippen molar-refractivity contribution in [2.45, 2.75) is 19.6 Å². The molecular weight excluding hydrogens is 288 g/mol. The molecule has 4 nitrogen and oxygen atoms in total. The molecule has 0 saturated carbocycles. The minimum absolute atomic E-state index is 0.00823. The average molecular weight is 305 g/mol. The molecule has 1 unspecified atom stereocenters. The lowest BCUT2D eigenvalue weighted by Gasteiger charge is -2.17. The number of hydrogen-bond acceptors (Lipinski definition) is 3. The number of rotatable bonds is 4. The third-order valence-electron chi connectivity index (χ3n) is 3.75. The van der Waals surface area contributed by atoms with Crippen molar-refractivity contribution in [1.29, 1.82) is 0 Å². The second-order valence-electron chi connectivity index (χ2n) is 5.14. The van der Waals surface area contributed by atoms with Gasteiger partial charge in [0.25, 0.3) is 0 Å². The number of fused-ring (bicyclic) bond motifs is 1. The maximum absolute atomic E-state index is 9.59. The van der Waals surface area contributed by atoms with Crippen LogP contribution in [0.15, 0.2) is 41.6 Å². The SMILES string of the molecule is COc1cnc2c(c1)cc(CO)n2CC1C=CC(Cl)=CC1. The molecule has 21 heavy (non-hydrogen) atoms. The molecule has 110 valence electrons. The topological polar surface area (TPSA) is 47.3 Å². The molecule has 0 radical (unpaired) electrons. The first-order valence-corrected chi connectivity index (χ1v) is 7.26. The van der Waals surface area contributed by atoms with Crippen LogP contribution in [0.2, 0.25) is 0 Å². The second-order valence-corrected chi connectivity index (χ2v) is 5.57. The Morgan fingerprint density at radius 2 is 2.33 bits per heavy atom. The van der Waals surface area contributed by atoms with Gasteiger partial charge >= 0.3 is 0 Å². The highest BCUT2D eigenvalue weighted by Gasteiger charge is 2.15. The molecule has 0 aromatic carbocycles. The van der Waals surface area contributed by atoms with Gasteiger partial charge in [0, 0.05) is 22.7 Å². The van der Waals surface area contributed by atoms with Gasteiger partial charge in [-0.3, -0.25) is 0 Å². The Morgan fingerprint density at radius 3 is 3.00 bits per heavy atom. The number of halogens is 1. The summed E-state index contributed by atoms with van der Waals surface area (Å²) >= 11 is 5.95. The van der Waals surface area contributed by atoms with Crippen LogP contribution in [0.4, 0.5) is 0 Å². The van der Waals surface area contributed by atoms with Crippen molar-refractivity contribution in [2.75, 3.05) is 7.11 Å². The van der Waals surface area contributed by atoms with Crippen LogP contribution in [0.3, 0.4) is 0 Å². The average Bonchev–Trinajstić information content (AvgIpc) is 2.86. The quantitative estimate of drug-likeness (QED) is 0.943. The number of nitrogens with zero attached hydrogens (tertiary/aromatic N) is 2. The molecule has 0 amide bonds. The molecule has 2 heterocycles. The van der Waals surface area contributed by atoms with Gasteiger partial charge in [0.1, 0.15) is 11.4 Å². The van der Waals surface area contributed by atoms with Crippen LogP contribution in [-0.2, 0) is 13.2 Å². The summed E-state index contributed by atoms with van der Waals surface area (Å²) in [5.74, 6) is 1.08. The lowest BCUT2D eigenvalue weighted by Crippen LogP contribution is -2.12. The van der Waals surface area contributed by atoms with E-state index in [1.165, 1.54) is 0 Å². The molecule has 2 aromatic rings. The Morgan fingerprint density at radius 1 is 1.48 bits per heavy atom. The van der Waals surface area contributed by atoms with Gasteiger partial charge in [-0.1, -0.05) is 23.8 Å². The van der Waals surface area contributed by atoms with E-state index in [4.69, 9.17) is 16.3 Å². The number of aromatic nitrogens is 2. The fraction of sp³-hybridized carbons (Fsp3) is 0.312. The Labute approximate surface area is 128 Å². The Balaban J connectivity index is 1.95. The van der Waals surface area contributed by atoms with Gasteiger partial charge in [0.2, 0.25) is 0 Å². The molecule has 1 N–H and O–H groups in total. The van der Waals surface area contributed by atoms with E-state index in [-0.39, 0.29) is 6.61 Å². The summed E-state index contributed by atoms with van der Waals surface area (Å²) in [6.07, 6.45) is 8.66. The van der Waals surface area contributed by atoms with Crippen molar-refractivity contribution in [3.63, 3.8) is 0 Å². The van der Waals surface area contributed by atoms with Crippen molar-refractivity contribution in [2.24, 2.45) is 5.92 Å². The summed E-state index contributed by atoms with van der Waals surface area (Å²) in [5.41, 5.74) is 1.73. The molecule has 0 fully saturated rings. The van der Waals surface area contributed by atoms with Crippen LogP contribution < -0.4 is 4.74 Å². The van der Waals surface area contributed by atoms with Gasteiger partial charge < -0.3 is 14.4 Å². The van der Waals surface area contributed by atoms with E-state index in [9.17, 15) is 5.11 Å². The number of allylic oxidation sites excluding steroid dienone is 4. The second kappa shape index (κ2) is 5.92. The Hall–Kier alpha value is -1.78. The number of methoxy groups -OCH3 is 1. The molecule has 1 aliphatic rings. The predicted octanol–water partition coefficient (Wildman–Crippen LogP) is 3.24. The van der Waals surface area contributed by atoms with Crippen molar-refractivity contribution >= 4 is 22.6 Å². The summed E-state index contributed by atoms with van der Waals surface area (Å²) in [5, 5.41) is 11.4. The molecule has 1 aliphatic carbocycles. The molecule has 1 atom stereocenters. The van der Waals surface area contributed by atoms with E-state index in [0.717, 1.165) is 40.5 Å². The van der Waals surface area contributed by atoms with E-state index >= 15 is 0 Å². The molecule has 2 aromatic heterocycles. The van der Waals surface area contributed by atoms with Gasteiger partial charge in [0.15, 0.2) is 0 Å². The predicted molar refractivity (Wildman–Crippen MR) is 83.4 cm³/mol. The summed E-state index contributed by atoms with van der Waals surface area (Å²) in [7, 11) is 1.62. The summed E-state index contributed by atoms with van der Waals surface area (Å²) in [6, 6.07) is 3.89. The molecule has 0 spiro atoms. The maximum Gasteiger partial charge on any atom is 0.140 e. The zero-order valence-electron chi connectivity index (χ0n) is 11.8. The summed E-state index contributed by atoms with van der Waals surface area (Å²) in [4.78, 5) is 4.46. The van der Waals surface area contributed by atoms with Gasteiger partial charge in [-0.15, -0.1) is 0 Å². The summed E-state index contributed by atoms with van der Waals surface area (Å²) in [6.45, 7) is 0.765. The molecule has 0 aliphatic heterocycles.